The standard InChI is InChI=1S/C19H24N4O/c1-22(17-7-3-2-4-8-17)13-12-21-19(24)23(18-9-10-18)15-16-6-5-11-20-14-16/h2-8,11,14,18H,9-10,12-13,15H2,1H3,(H,21,24). The summed E-state index contributed by atoms with van der Waals surface area (Å²) in [7, 11) is 2.04. The second-order valence-electron chi connectivity index (χ2n) is 6.21. The summed E-state index contributed by atoms with van der Waals surface area (Å²) in [6.07, 6.45) is 5.77. The zero-order valence-corrected chi connectivity index (χ0v) is 14.1. The van der Waals surface area contributed by atoms with E-state index in [0.29, 0.717) is 19.1 Å². The van der Waals surface area contributed by atoms with Gasteiger partial charge in [0.05, 0.1) is 0 Å². The molecule has 0 unspecified atom stereocenters. The number of hydrogen-bond donors (Lipinski definition) is 1. The fourth-order valence-electron chi connectivity index (χ4n) is 2.68. The molecule has 5 heteroatoms. The van der Waals surface area contributed by atoms with Gasteiger partial charge in [0.25, 0.3) is 0 Å². The normalized spacial score (nSPS) is 13.4. The maximum atomic E-state index is 12.5. The summed E-state index contributed by atoms with van der Waals surface area (Å²) in [5.74, 6) is 0. The molecule has 0 radical (unpaired) electrons. The largest absolute Gasteiger partial charge is 0.373 e. The first-order valence-electron chi connectivity index (χ1n) is 8.43. The van der Waals surface area contributed by atoms with E-state index in [2.05, 4.69) is 27.3 Å². The highest BCUT2D eigenvalue weighted by molar-refractivity contribution is 5.75. The molecule has 1 aromatic heterocycles. The third kappa shape index (κ3) is 4.47. The molecule has 1 fully saturated rings. The van der Waals surface area contributed by atoms with E-state index in [0.717, 1.165) is 30.6 Å². The summed E-state index contributed by atoms with van der Waals surface area (Å²) in [5, 5.41) is 3.05. The van der Waals surface area contributed by atoms with Crippen molar-refractivity contribution in [2.75, 3.05) is 25.0 Å². The second-order valence-corrected chi connectivity index (χ2v) is 6.21. The molecule has 3 rings (SSSR count). The van der Waals surface area contributed by atoms with E-state index in [-0.39, 0.29) is 6.03 Å². The summed E-state index contributed by atoms with van der Waals surface area (Å²) in [5.41, 5.74) is 2.22. The number of nitrogens with zero attached hydrogens (tertiary/aromatic N) is 3. The van der Waals surface area contributed by atoms with Crippen LogP contribution in [0.15, 0.2) is 54.9 Å². The van der Waals surface area contributed by atoms with Gasteiger partial charge in [-0.2, -0.15) is 0 Å². The quantitative estimate of drug-likeness (QED) is 0.852. The zero-order valence-electron chi connectivity index (χ0n) is 14.1. The van der Waals surface area contributed by atoms with Crippen molar-refractivity contribution in [3.63, 3.8) is 0 Å². The number of pyridine rings is 1. The van der Waals surface area contributed by atoms with Crippen LogP contribution in [0.2, 0.25) is 0 Å². The van der Waals surface area contributed by atoms with E-state index in [1.54, 1.807) is 6.20 Å². The number of urea groups is 1. The van der Waals surface area contributed by atoms with Crippen molar-refractivity contribution in [1.29, 1.82) is 0 Å². The zero-order chi connectivity index (χ0) is 16.8. The lowest BCUT2D eigenvalue weighted by atomic mass is 10.2. The van der Waals surface area contributed by atoms with Crippen LogP contribution in [0, 0.1) is 0 Å². The molecule has 1 saturated carbocycles. The molecule has 2 aromatic rings. The molecule has 126 valence electrons. The predicted octanol–water partition coefficient (Wildman–Crippen LogP) is 2.89. The van der Waals surface area contributed by atoms with Crippen molar-refractivity contribution < 1.29 is 4.79 Å². The number of amides is 2. The SMILES string of the molecule is CN(CCNC(=O)N(Cc1cccnc1)C1CC1)c1ccccc1. The van der Waals surface area contributed by atoms with Gasteiger partial charge in [-0.15, -0.1) is 0 Å². The van der Waals surface area contributed by atoms with Crippen LogP contribution in [0.25, 0.3) is 0 Å². The summed E-state index contributed by atoms with van der Waals surface area (Å²) in [6, 6.07) is 14.5. The first-order chi connectivity index (χ1) is 11.7. The van der Waals surface area contributed by atoms with Crippen molar-refractivity contribution in [2.45, 2.75) is 25.4 Å². The van der Waals surface area contributed by atoms with Crippen LogP contribution in [0.3, 0.4) is 0 Å². The number of likely N-dealkylation sites (N-methyl/N-ethyl adjacent to an activating group) is 1. The number of nitrogens with one attached hydrogen (secondary N) is 1. The van der Waals surface area contributed by atoms with E-state index >= 15 is 0 Å². The van der Waals surface area contributed by atoms with Crippen LogP contribution < -0.4 is 10.2 Å². The van der Waals surface area contributed by atoms with E-state index < -0.39 is 0 Å². The minimum Gasteiger partial charge on any atom is -0.373 e. The number of para-hydroxylation sites is 1. The van der Waals surface area contributed by atoms with Crippen LogP contribution in [0.5, 0.6) is 0 Å². The van der Waals surface area contributed by atoms with E-state index in [4.69, 9.17) is 0 Å². The Hall–Kier alpha value is -2.56. The number of anilines is 1. The van der Waals surface area contributed by atoms with Gasteiger partial charge in [0.2, 0.25) is 0 Å². The Kier molecular flexibility index (Phi) is 5.31. The number of rotatable bonds is 7. The second kappa shape index (κ2) is 7.81. The lowest BCUT2D eigenvalue weighted by molar-refractivity contribution is 0.192. The molecule has 1 aliphatic rings. The number of carbonyl (C=O) groups is 1. The Bertz CT molecular complexity index is 643. The molecule has 2 amide bonds. The van der Waals surface area contributed by atoms with Gasteiger partial charge in [-0.3, -0.25) is 4.98 Å². The van der Waals surface area contributed by atoms with Gasteiger partial charge < -0.3 is 15.1 Å². The summed E-state index contributed by atoms with van der Waals surface area (Å²) in [4.78, 5) is 20.7. The molecular weight excluding hydrogens is 300 g/mol. The molecule has 0 saturated heterocycles. The first kappa shape index (κ1) is 16.3. The van der Waals surface area contributed by atoms with Gasteiger partial charge in [0.15, 0.2) is 0 Å². The van der Waals surface area contributed by atoms with Gasteiger partial charge in [-0.1, -0.05) is 24.3 Å². The van der Waals surface area contributed by atoms with Crippen molar-refractivity contribution in [1.82, 2.24) is 15.2 Å². The molecule has 1 aliphatic carbocycles. The number of benzene rings is 1. The fourth-order valence-corrected chi connectivity index (χ4v) is 2.68. The fraction of sp³-hybridized carbons (Fsp3) is 0.368. The average Bonchev–Trinajstić information content (AvgIpc) is 3.46. The van der Waals surface area contributed by atoms with Crippen molar-refractivity contribution in [2.24, 2.45) is 0 Å². The van der Waals surface area contributed by atoms with E-state index in [1.165, 1.54) is 0 Å². The van der Waals surface area contributed by atoms with Crippen molar-refractivity contribution in [3.05, 3.63) is 60.4 Å². The predicted molar refractivity (Wildman–Crippen MR) is 95.9 cm³/mol. The highest BCUT2D eigenvalue weighted by atomic mass is 16.2. The van der Waals surface area contributed by atoms with Crippen LogP contribution in [-0.2, 0) is 6.54 Å². The average molecular weight is 324 g/mol. The van der Waals surface area contributed by atoms with E-state index in [9.17, 15) is 4.79 Å². The number of carbonyl (C=O) groups excluding carboxylic acids is 1. The summed E-state index contributed by atoms with van der Waals surface area (Å²) >= 11 is 0. The third-order valence-electron chi connectivity index (χ3n) is 4.24. The number of hydrogen-bond acceptors (Lipinski definition) is 3. The summed E-state index contributed by atoms with van der Waals surface area (Å²) in [6.45, 7) is 2.03. The Labute approximate surface area is 143 Å². The Morgan fingerprint density at radius 3 is 2.67 bits per heavy atom. The first-order valence-corrected chi connectivity index (χ1v) is 8.43. The smallest absolute Gasteiger partial charge is 0.318 e. The molecule has 1 aromatic carbocycles. The number of aromatic nitrogens is 1. The van der Waals surface area contributed by atoms with Crippen LogP contribution >= 0.6 is 0 Å². The van der Waals surface area contributed by atoms with Crippen LogP contribution in [0.1, 0.15) is 18.4 Å². The van der Waals surface area contributed by atoms with Crippen molar-refractivity contribution in [3.8, 4) is 0 Å². The maximum absolute atomic E-state index is 12.5. The highest BCUT2D eigenvalue weighted by Crippen LogP contribution is 2.28. The van der Waals surface area contributed by atoms with Gasteiger partial charge >= 0.3 is 6.03 Å². The molecule has 0 aliphatic heterocycles. The Balaban J connectivity index is 1.49. The summed E-state index contributed by atoms with van der Waals surface area (Å²) < 4.78 is 0. The Morgan fingerprint density at radius 2 is 2.00 bits per heavy atom. The van der Waals surface area contributed by atoms with Crippen LogP contribution in [0.4, 0.5) is 10.5 Å². The van der Waals surface area contributed by atoms with Crippen molar-refractivity contribution >= 4 is 11.7 Å². The molecule has 1 N–H and O–H groups in total. The molecule has 0 atom stereocenters. The topological polar surface area (TPSA) is 48.5 Å². The van der Waals surface area contributed by atoms with Gasteiger partial charge in [0.1, 0.15) is 0 Å². The van der Waals surface area contributed by atoms with Gasteiger partial charge in [-0.05, 0) is 36.6 Å². The minimum absolute atomic E-state index is 0.0165. The maximum Gasteiger partial charge on any atom is 0.318 e. The monoisotopic (exact) mass is 324 g/mol. The lowest BCUT2D eigenvalue weighted by Crippen LogP contribution is -2.43. The van der Waals surface area contributed by atoms with Gasteiger partial charge in [0, 0.05) is 50.8 Å². The Morgan fingerprint density at radius 1 is 1.21 bits per heavy atom. The molecule has 0 bridgehead atoms. The van der Waals surface area contributed by atoms with E-state index in [1.807, 2.05) is 48.5 Å². The third-order valence-corrected chi connectivity index (χ3v) is 4.24. The molecule has 5 nitrogen and oxygen atoms in total. The molecule has 0 spiro atoms. The van der Waals surface area contributed by atoms with Crippen LogP contribution in [-0.4, -0.2) is 42.1 Å². The lowest BCUT2D eigenvalue weighted by Gasteiger charge is -2.24. The molecular formula is C19H24N4O. The minimum atomic E-state index is 0.0165. The molecule has 24 heavy (non-hydrogen) atoms. The highest BCUT2D eigenvalue weighted by Gasteiger charge is 2.32. The molecule has 1 heterocycles. The van der Waals surface area contributed by atoms with Gasteiger partial charge in [-0.25, -0.2) is 4.79 Å².